The van der Waals surface area contributed by atoms with E-state index in [1.807, 2.05) is 0 Å². The van der Waals surface area contributed by atoms with E-state index in [1.165, 1.54) is 36.5 Å². The molecule has 2 aromatic carbocycles. The monoisotopic (exact) mass is 423 g/mol. The van der Waals surface area contributed by atoms with E-state index >= 15 is 0 Å². The molecule has 0 saturated carbocycles. The van der Waals surface area contributed by atoms with E-state index in [9.17, 15) is 18.7 Å². The van der Waals surface area contributed by atoms with Crippen molar-refractivity contribution in [2.24, 2.45) is 0 Å². The Morgan fingerprint density at radius 1 is 0.903 bits per heavy atom. The van der Waals surface area contributed by atoms with E-state index in [0.29, 0.717) is 12.1 Å². The highest BCUT2D eigenvalue weighted by Gasteiger charge is 2.27. The zero-order valence-corrected chi connectivity index (χ0v) is 16.9. The molecule has 0 amide bonds. The maximum atomic E-state index is 13.5. The molecule has 1 aliphatic heterocycles. The highest BCUT2D eigenvalue weighted by molar-refractivity contribution is 5.89. The van der Waals surface area contributed by atoms with E-state index in [2.05, 4.69) is 14.8 Å². The number of aromatic carboxylic acids is 1. The second kappa shape index (κ2) is 9.32. The summed E-state index contributed by atoms with van der Waals surface area (Å²) in [5, 5.41) is 9.39. The number of benzene rings is 2. The van der Waals surface area contributed by atoms with Gasteiger partial charge in [-0.05, 0) is 47.0 Å². The molecule has 0 radical (unpaired) electrons. The number of aromatic nitrogens is 1. The van der Waals surface area contributed by atoms with Crippen molar-refractivity contribution in [3.63, 3.8) is 0 Å². The average molecular weight is 423 g/mol. The van der Waals surface area contributed by atoms with Crippen LogP contribution < -0.4 is 0 Å². The summed E-state index contributed by atoms with van der Waals surface area (Å²) in [6, 6.07) is 14.2. The van der Waals surface area contributed by atoms with Crippen LogP contribution in [0.25, 0.3) is 0 Å². The lowest BCUT2D eigenvalue weighted by atomic mass is 9.96. The molecule has 1 saturated heterocycles. The normalized spacial score (nSPS) is 15.3. The largest absolute Gasteiger partial charge is 0.478 e. The van der Waals surface area contributed by atoms with Crippen LogP contribution in [0.4, 0.5) is 8.78 Å². The number of hydrogen-bond donors (Lipinski definition) is 1. The Labute approximate surface area is 179 Å². The Balaban J connectivity index is 1.51. The fraction of sp³-hybridized carbons (Fsp3) is 0.250. The maximum Gasteiger partial charge on any atom is 0.336 e. The van der Waals surface area contributed by atoms with Gasteiger partial charge in [0.1, 0.15) is 11.6 Å². The fourth-order valence-corrected chi connectivity index (χ4v) is 4.09. The summed E-state index contributed by atoms with van der Waals surface area (Å²) in [6.07, 6.45) is 3.09. The summed E-state index contributed by atoms with van der Waals surface area (Å²) >= 11 is 0. The molecule has 5 nitrogen and oxygen atoms in total. The minimum Gasteiger partial charge on any atom is -0.478 e. The van der Waals surface area contributed by atoms with E-state index < -0.39 is 5.97 Å². The number of pyridine rings is 1. The molecular weight excluding hydrogens is 400 g/mol. The molecule has 1 aromatic heterocycles. The van der Waals surface area contributed by atoms with Gasteiger partial charge in [-0.15, -0.1) is 0 Å². The third-order valence-corrected chi connectivity index (χ3v) is 5.67. The summed E-state index contributed by atoms with van der Waals surface area (Å²) < 4.78 is 27.0. The lowest BCUT2D eigenvalue weighted by Crippen LogP contribution is -2.47. The van der Waals surface area contributed by atoms with E-state index in [1.54, 1.807) is 30.5 Å². The minimum absolute atomic E-state index is 0.115. The molecule has 4 rings (SSSR count). The predicted octanol–water partition coefficient (Wildman–Crippen LogP) is 3.97. The van der Waals surface area contributed by atoms with E-state index in [0.717, 1.165) is 37.3 Å². The Morgan fingerprint density at radius 2 is 1.45 bits per heavy atom. The summed E-state index contributed by atoms with van der Waals surface area (Å²) in [5.74, 6) is -1.54. The number of piperazine rings is 1. The molecule has 7 heteroatoms. The molecular formula is C24H23F2N3O2. The zero-order chi connectivity index (χ0) is 21.8. The third kappa shape index (κ3) is 4.95. The predicted molar refractivity (Wildman–Crippen MR) is 113 cm³/mol. The van der Waals surface area contributed by atoms with Gasteiger partial charge < -0.3 is 5.11 Å². The summed E-state index contributed by atoms with van der Waals surface area (Å²) in [4.78, 5) is 20.0. The third-order valence-electron chi connectivity index (χ3n) is 5.67. The molecule has 31 heavy (non-hydrogen) atoms. The Morgan fingerprint density at radius 3 is 1.97 bits per heavy atom. The zero-order valence-electron chi connectivity index (χ0n) is 16.9. The van der Waals surface area contributed by atoms with Crippen LogP contribution in [0.5, 0.6) is 0 Å². The van der Waals surface area contributed by atoms with Crippen molar-refractivity contribution in [2.75, 3.05) is 26.2 Å². The van der Waals surface area contributed by atoms with Gasteiger partial charge in [0.05, 0.1) is 11.6 Å². The highest BCUT2D eigenvalue weighted by Crippen LogP contribution is 2.30. The number of nitrogens with zero attached hydrogens (tertiary/aromatic N) is 3. The first-order valence-corrected chi connectivity index (χ1v) is 10.1. The number of carbonyl (C=O) groups is 1. The molecule has 3 aromatic rings. The molecule has 0 spiro atoms. The maximum absolute atomic E-state index is 13.5. The first-order chi connectivity index (χ1) is 15.0. The van der Waals surface area contributed by atoms with Gasteiger partial charge in [0.15, 0.2) is 0 Å². The summed E-state index contributed by atoms with van der Waals surface area (Å²) in [5.41, 5.74) is 2.86. The van der Waals surface area contributed by atoms with E-state index in [-0.39, 0.29) is 23.2 Å². The first kappa shape index (κ1) is 21.1. The molecule has 1 N–H and O–H groups in total. The van der Waals surface area contributed by atoms with Crippen LogP contribution in [-0.4, -0.2) is 52.0 Å². The molecule has 1 fully saturated rings. The van der Waals surface area contributed by atoms with Crippen molar-refractivity contribution >= 4 is 5.97 Å². The molecule has 160 valence electrons. The number of carboxylic acid groups (broad SMARTS) is 1. The second-order valence-corrected chi connectivity index (χ2v) is 7.66. The highest BCUT2D eigenvalue weighted by atomic mass is 19.1. The van der Waals surface area contributed by atoms with Crippen molar-refractivity contribution < 1.29 is 18.7 Å². The SMILES string of the molecule is O=C(O)c1ccncc1CN1CCN(C(c2ccc(F)cc2)c2ccc(F)cc2)CC1. The van der Waals surface area contributed by atoms with Crippen molar-refractivity contribution in [3.05, 3.63) is 101 Å². The van der Waals surface area contributed by atoms with Gasteiger partial charge in [0.2, 0.25) is 0 Å². The van der Waals surface area contributed by atoms with Crippen LogP contribution in [0.1, 0.15) is 33.1 Å². The molecule has 0 atom stereocenters. The topological polar surface area (TPSA) is 56.7 Å². The summed E-state index contributed by atoms with van der Waals surface area (Å²) in [7, 11) is 0. The molecule has 0 unspecified atom stereocenters. The van der Waals surface area contributed by atoms with Gasteiger partial charge in [-0.2, -0.15) is 0 Å². The average Bonchev–Trinajstić information content (AvgIpc) is 2.78. The van der Waals surface area contributed by atoms with Crippen LogP contribution in [-0.2, 0) is 6.54 Å². The Bertz CT molecular complexity index is 988. The number of hydrogen-bond acceptors (Lipinski definition) is 4. The second-order valence-electron chi connectivity index (χ2n) is 7.66. The summed E-state index contributed by atoms with van der Waals surface area (Å²) in [6.45, 7) is 3.48. The van der Waals surface area contributed by atoms with Crippen LogP contribution in [0.2, 0.25) is 0 Å². The van der Waals surface area contributed by atoms with Crippen LogP contribution in [0.3, 0.4) is 0 Å². The number of halogens is 2. The quantitative estimate of drug-likeness (QED) is 0.650. The number of carboxylic acids is 1. The first-order valence-electron chi connectivity index (χ1n) is 10.1. The minimum atomic E-state index is -0.955. The van der Waals surface area contributed by atoms with Crippen LogP contribution in [0.15, 0.2) is 67.0 Å². The van der Waals surface area contributed by atoms with Crippen molar-refractivity contribution in [3.8, 4) is 0 Å². The van der Waals surface area contributed by atoms with Crippen LogP contribution in [0, 0.1) is 11.6 Å². The Hall–Kier alpha value is -3.16. The Kier molecular flexibility index (Phi) is 6.34. The standard InChI is InChI=1S/C24H23F2N3O2/c25-20-5-1-17(2-6-20)23(18-3-7-21(26)8-4-18)29-13-11-28(12-14-29)16-19-15-27-10-9-22(19)24(30)31/h1-10,15,23H,11-14,16H2,(H,30,31). The molecule has 0 bridgehead atoms. The fourth-order valence-electron chi connectivity index (χ4n) is 4.09. The molecule has 1 aliphatic rings. The number of rotatable bonds is 6. The lowest BCUT2D eigenvalue weighted by Gasteiger charge is -2.40. The van der Waals surface area contributed by atoms with Gasteiger partial charge >= 0.3 is 5.97 Å². The van der Waals surface area contributed by atoms with Gasteiger partial charge in [0, 0.05) is 45.1 Å². The van der Waals surface area contributed by atoms with Gasteiger partial charge in [0.25, 0.3) is 0 Å². The molecule has 2 heterocycles. The molecule has 0 aliphatic carbocycles. The van der Waals surface area contributed by atoms with E-state index in [4.69, 9.17) is 0 Å². The lowest BCUT2D eigenvalue weighted by molar-refractivity contribution is 0.0691. The van der Waals surface area contributed by atoms with Gasteiger partial charge in [-0.3, -0.25) is 14.8 Å². The van der Waals surface area contributed by atoms with Gasteiger partial charge in [-0.25, -0.2) is 13.6 Å². The van der Waals surface area contributed by atoms with Crippen molar-refractivity contribution in [1.82, 2.24) is 14.8 Å². The van der Waals surface area contributed by atoms with Crippen molar-refractivity contribution in [2.45, 2.75) is 12.6 Å². The smallest absolute Gasteiger partial charge is 0.336 e. The van der Waals surface area contributed by atoms with Gasteiger partial charge in [-0.1, -0.05) is 24.3 Å². The van der Waals surface area contributed by atoms with Crippen molar-refractivity contribution in [1.29, 1.82) is 0 Å². The van der Waals surface area contributed by atoms with Crippen LogP contribution >= 0.6 is 0 Å².